The normalized spacial score (nSPS) is 19.4. The maximum atomic E-state index is 12.4. The molecule has 1 aromatic carbocycles. The molecule has 0 aliphatic carbocycles. The average Bonchev–Trinajstić information content (AvgIpc) is 2.83. The summed E-state index contributed by atoms with van der Waals surface area (Å²) in [6.45, 7) is 4.46. The topological polar surface area (TPSA) is 24.5 Å². The van der Waals surface area contributed by atoms with E-state index in [-0.39, 0.29) is 5.75 Å². The zero-order valence-electron chi connectivity index (χ0n) is 11.4. The molecule has 1 aliphatic heterocycles. The number of benzene rings is 1. The average molecular weight is 288 g/mol. The van der Waals surface area contributed by atoms with E-state index in [2.05, 4.69) is 17.0 Å². The first kappa shape index (κ1) is 15.0. The number of hydrogen-bond donors (Lipinski definition) is 1. The zero-order valence-corrected chi connectivity index (χ0v) is 11.4. The molecular formula is C14H19F3N2O. The molecule has 3 nitrogen and oxygen atoms in total. The van der Waals surface area contributed by atoms with Crippen molar-refractivity contribution in [1.29, 1.82) is 0 Å². The number of ether oxygens (including phenoxy) is 1. The van der Waals surface area contributed by atoms with Crippen molar-refractivity contribution in [3.63, 3.8) is 0 Å². The molecule has 6 heteroatoms. The van der Waals surface area contributed by atoms with Gasteiger partial charge in [0, 0.05) is 19.1 Å². The molecule has 0 spiro atoms. The predicted molar refractivity (Wildman–Crippen MR) is 72.0 cm³/mol. The first-order chi connectivity index (χ1) is 9.49. The predicted octanol–water partition coefficient (Wildman–Crippen LogP) is 3.16. The molecule has 1 atom stereocenters. The molecule has 1 N–H and O–H groups in total. The van der Waals surface area contributed by atoms with Crippen LogP contribution in [-0.2, 0) is 0 Å². The highest BCUT2D eigenvalue weighted by atomic mass is 19.4. The van der Waals surface area contributed by atoms with Gasteiger partial charge in [0.05, 0.1) is 5.69 Å². The van der Waals surface area contributed by atoms with Gasteiger partial charge < -0.3 is 15.0 Å². The van der Waals surface area contributed by atoms with Crippen LogP contribution >= 0.6 is 0 Å². The Morgan fingerprint density at radius 1 is 1.35 bits per heavy atom. The third-order valence-corrected chi connectivity index (χ3v) is 3.30. The summed E-state index contributed by atoms with van der Waals surface area (Å²) < 4.78 is 41.3. The lowest BCUT2D eigenvalue weighted by atomic mass is 10.2. The van der Waals surface area contributed by atoms with Crippen LogP contribution in [0, 0.1) is 0 Å². The summed E-state index contributed by atoms with van der Waals surface area (Å²) in [5.41, 5.74) is 0.505. The van der Waals surface area contributed by atoms with Crippen LogP contribution < -0.4 is 15.0 Å². The molecule has 1 aromatic rings. The van der Waals surface area contributed by atoms with Crippen LogP contribution in [0.4, 0.5) is 18.9 Å². The Hall–Kier alpha value is -1.43. The molecule has 0 amide bonds. The number of halogens is 3. The Labute approximate surface area is 116 Å². The summed E-state index contributed by atoms with van der Waals surface area (Å²) >= 11 is 0. The van der Waals surface area contributed by atoms with Crippen LogP contribution in [0.5, 0.6) is 5.75 Å². The van der Waals surface area contributed by atoms with E-state index >= 15 is 0 Å². The van der Waals surface area contributed by atoms with Crippen molar-refractivity contribution in [3.8, 4) is 5.75 Å². The fraction of sp³-hybridized carbons (Fsp3) is 0.571. The number of hydrogen-bond acceptors (Lipinski definition) is 3. The van der Waals surface area contributed by atoms with Gasteiger partial charge in [0.25, 0.3) is 0 Å². The summed E-state index contributed by atoms with van der Waals surface area (Å²) in [7, 11) is 0. The van der Waals surface area contributed by atoms with Crippen molar-refractivity contribution in [2.75, 3.05) is 24.5 Å². The van der Waals surface area contributed by atoms with Crippen molar-refractivity contribution in [1.82, 2.24) is 5.32 Å². The molecule has 1 saturated heterocycles. The molecule has 0 radical (unpaired) electrons. The van der Waals surface area contributed by atoms with E-state index in [0.29, 0.717) is 18.3 Å². The Morgan fingerprint density at radius 2 is 2.10 bits per heavy atom. The van der Waals surface area contributed by atoms with E-state index in [1.54, 1.807) is 18.2 Å². The van der Waals surface area contributed by atoms with Gasteiger partial charge >= 0.3 is 6.36 Å². The van der Waals surface area contributed by atoms with Gasteiger partial charge in [-0.2, -0.15) is 0 Å². The number of anilines is 1. The summed E-state index contributed by atoms with van der Waals surface area (Å²) in [4.78, 5) is 1.94. The largest absolute Gasteiger partial charge is 0.573 e. The van der Waals surface area contributed by atoms with Gasteiger partial charge in [-0.05, 0) is 31.5 Å². The summed E-state index contributed by atoms with van der Waals surface area (Å²) in [5, 5.41) is 3.39. The Kier molecular flexibility index (Phi) is 4.75. The lowest BCUT2D eigenvalue weighted by molar-refractivity contribution is -0.274. The second-order valence-corrected chi connectivity index (χ2v) is 4.90. The van der Waals surface area contributed by atoms with E-state index < -0.39 is 6.36 Å². The molecule has 0 bridgehead atoms. The summed E-state index contributed by atoms with van der Waals surface area (Å²) in [6.07, 6.45) is -2.68. The van der Waals surface area contributed by atoms with E-state index in [0.717, 1.165) is 25.9 Å². The van der Waals surface area contributed by atoms with Crippen molar-refractivity contribution in [2.24, 2.45) is 0 Å². The fourth-order valence-corrected chi connectivity index (χ4v) is 2.42. The first-order valence-corrected chi connectivity index (χ1v) is 6.82. The maximum Gasteiger partial charge on any atom is 0.573 e. The summed E-state index contributed by atoms with van der Waals surface area (Å²) in [6, 6.07) is 6.63. The number of rotatable bonds is 5. The van der Waals surface area contributed by atoms with Gasteiger partial charge in [-0.25, -0.2) is 0 Å². The molecule has 1 aliphatic rings. The molecule has 0 saturated carbocycles. The van der Waals surface area contributed by atoms with Crippen LogP contribution in [0.2, 0.25) is 0 Å². The third kappa shape index (κ3) is 4.03. The quantitative estimate of drug-likeness (QED) is 0.900. The van der Waals surface area contributed by atoms with Gasteiger partial charge in [-0.15, -0.1) is 13.2 Å². The van der Waals surface area contributed by atoms with E-state index in [9.17, 15) is 13.2 Å². The molecule has 2 rings (SSSR count). The smallest absolute Gasteiger partial charge is 0.404 e. The first-order valence-electron chi connectivity index (χ1n) is 6.82. The van der Waals surface area contributed by atoms with E-state index in [1.807, 2.05) is 4.90 Å². The standard InChI is InChI=1S/C14H19F3N2O/c1-2-8-18-11-7-9-19(10-11)12-5-3-4-6-13(12)20-14(15,16)17/h3-6,11,18H,2,7-10H2,1H3. The second-order valence-electron chi connectivity index (χ2n) is 4.90. The highest BCUT2D eigenvalue weighted by molar-refractivity contribution is 5.59. The van der Waals surface area contributed by atoms with Crippen LogP contribution in [0.15, 0.2) is 24.3 Å². The minimum Gasteiger partial charge on any atom is -0.404 e. The Bertz CT molecular complexity index is 437. The van der Waals surface area contributed by atoms with Crippen LogP contribution in [0.25, 0.3) is 0 Å². The van der Waals surface area contributed by atoms with E-state index in [4.69, 9.17) is 0 Å². The molecular weight excluding hydrogens is 269 g/mol. The zero-order chi connectivity index (χ0) is 14.6. The van der Waals surface area contributed by atoms with Gasteiger partial charge in [0.15, 0.2) is 5.75 Å². The lowest BCUT2D eigenvalue weighted by Crippen LogP contribution is -2.33. The molecule has 0 aromatic heterocycles. The van der Waals surface area contributed by atoms with Gasteiger partial charge in [0.1, 0.15) is 0 Å². The van der Waals surface area contributed by atoms with Crippen molar-refractivity contribution >= 4 is 5.69 Å². The van der Waals surface area contributed by atoms with Crippen molar-refractivity contribution in [2.45, 2.75) is 32.2 Å². The number of nitrogens with one attached hydrogen (secondary N) is 1. The number of alkyl halides is 3. The van der Waals surface area contributed by atoms with Gasteiger partial charge in [-0.1, -0.05) is 19.1 Å². The van der Waals surface area contributed by atoms with Crippen LogP contribution in [0.1, 0.15) is 19.8 Å². The molecule has 1 unspecified atom stereocenters. The van der Waals surface area contributed by atoms with Crippen LogP contribution in [0.3, 0.4) is 0 Å². The number of nitrogens with zero attached hydrogens (tertiary/aromatic N) is 1. The molecule has 1 heterocycles. The molecule has 20 heavy (non-hydrogen) atoms. The lowest BCUT2D eigenvalue weighted by Gasteiger charge is -2.22. The highest BCUT2D eigenvalue weighted by Gasteiger charge is 2.33. The highest BCUT2D eigenvalue weighted by Crippen LogP contribution is 2.34. The monoisotopic (exact) mass is 288 g/mol. The molecule has 112 valence electrons. The maximum absolute atomic E-state index is 12.4. The Morgan fingerprint density at radius 3 is 2.80 bits per heavy atom. The van der Waals surface area contributed by atoms with Gasteiger partial charge in [-0.3, -0.25) is 0 Å². The SMILES string of the molecule is CCCNC1CCN(c2ccccc2OC(F)(F)F)C1. The molecule has 1 fully saturated rings. The Balaban J connectivity index is 2.06. The minimum absolute atomic E-state index is 0.129. The van der Waals surface area contributed by atoms with Gasteiger partial charge in [0.2, 0.25) is 0 Å². The number of para-hydroxylation sites is 2. The minimum atomic E-state index is -4.66. The van der Waals surface area contributed by atoms with Crippen molar-refractivity contribution in [3.05, 3.63) is 24.3 Å². The summed E-state index contributed by atoms with van der Waals surface area (Å²) in [5.74, 6) is -0.129. The van der Waals surface area contributed by atoms with Crippen molar-refractivity contribution < 1.29 is 17.9 Å². The van der Waals surface area contributed by atoms with E-state index in [1.165, 1.54) is 6.07 Å². The fourth-order valence-electron chi connectivity index (χ4n) is 2.42. The van der Waals surface area contributed by atoms with Crippen LogP contribution in [-0.4, -0.2) is 32.0 Å². The third-order valence-electron chi connectivity index (χ3n) is 3.30. The second kappa shape index (κ2) is 6.35.